The Bertz CT molecular complexity index is 1490. The van der Waals surface area contributed by atoms with Crippen LogP contribution in [0.15, 0.2) is 18.3 Å². The summed E-state index contributed by atoms with van der Waals surface area (Å²) in [5.41, 5.74) is 2.81. The zero-order valence-corrected chi connectivity index (χ0v) is 56.9. The number of fused-ring (bicyclic) bond motifs is 1. The van der Waals surface area contributed by atoms with Gasteiger partial charge in [0.15, 0.2) is 0 Å². The molecule has 8 atom stereocenters. The van der Waals surface area contributed by atoms with Crippen molar-refractivity contribution in [2.45, 2.75) is 264 Å². The second-order valence-electron chi connectivity index (χ2n) is 27.5. The molecule has 0 aromatic carbocycles. The first-order valence-electron chi connectivity index (χ1n) is 33.6. The summed E-state index contributed by atoms with van der Waals surface area (Å²) in [6.07, 6.45) is 20.8. The Kier molecular flexibility index (Phi) is 44.8. The molecule has 10 rings (SSSR count). The maximum absolute atomic E-state index is 11.1. The minimum Gasteiger partial charge on any atom is -0.379 e. The molecule has 8 saturated heterocycles. The van der Waals surface area contributed by atoms with Crippen molar-refractivity contribution in [2.75, 3.05) is 84.1 Å². The normalized spacial score (nSPS) is 26.8. The predicted octanol–water partition coefficient (Wildman–Crippen LogP) is 13.7. The van der Waals surface area contributed by atoms with Gasteiger partial charge in [-0.25, -0.2) is 0 Å². The van der Waals surface area contributed by atoms with Crippen LogP contribution in [-0.4, -0.2) is 142 Å². The minimum absolute atomic E-state index is 0. The molecule has 0 saturated carbocycles. The summed E-state index contributed by atoms with van der Waals surface area (Å²) in [7, 11) is 0. The van der Waals surface area contributed by atoms with E-state index in [1.54, 1.807) is 0 Å². The number of nitrogens with zero attached hydrogens (tertiary/aromatic N) is 2. The average molecular weight is 1180 g/mol. The molecule has 13 heteroatoms. The molecule has 1 amide bonds. The first-order valence-corrected chi connectivity index (χ1v) is 34.7. The van der Waals surface area contributed by atoms with E-state index in [-0.39, 0.29) is 19.3 Å². The number of likely N-dealkylation sites (tertiary alicyclic amines) is 1. The maximum Gasteiger partial charge on any atom is 0.223 e. The van der Waals surface area contributed by atoms with Crippen LogP contribution in [0.25, 0.3) is 0 Å². The van der Waals surface area contributed by atoms with Crippen LogP contribution in [0.4, 0.5) is 0 Å². The number of pyridine rings is 1. The molecule has 82 heavy (non-hydrogen) atoms. The van der Waals surface area contributed by atoms with Gasteiger partial charge in [0.05, 0.1) is 32.7 Å². The van der Waals surface area contributed by atoms with Gasteiger partial charge >= 0.3 is 0 Å². The fourth-order valence-electron chi connectivity index (χ4n) is 11.4. The molecule has 8 unspecified atom stereocenters. The maximum atomic E-state index is 11.1. The monoisotopic (exact) mass is 1180 g/mol. The third-order valence-corrected chi connectivity index (χ3v) is 18.7. The Balaban J connectivity index is 0.000000463. The van der Waals surface area contributed by atoms with Gasteiger partial charge in [-0.05, 0) is 188 Å². The fourth-order valence-corrected chi connectivity index (χ4v) is 12.6. The van der Waals surface area contributed by atoms with Crippen molar-refractivity contribution >= 4 is 17.7 Å². The van der Waals surface area contributed by atoms with Crippen molar-refractivity contribution in [1.82, 2.24) is 41.8 Å². The number of nitrogens with one attached hydrogen (secondary N) is 6. The van der Waals surface area contributed by atoms with E-state index < -0.39 is 0 Å². The number of morpholine rings is 1. The van der Waals surface area contributed by atoms with Crippen LogP contribution >= 0.6 is 11.8 Å². The van der Waals surface area contributed by atoms with Gasteiger partial charge in [0, 0.05) is 85.4 Å². The summed E-state index contributed by atoms with van der Waals surface area (Å²) in [5.74, 6) is 9.76. The van der Waals surface area contributed by atoms with Gasteiger partial charge < -0.3 is 45.7 Å². The number of carbonyl (C=O) groups is 1. The lowest BCUT2D eigenvalue weighted by atomic mass is 9.80. The SMILES string of the molecule is C.CC(C)C1CCCCN1.CC(C)C1CCCN1.CC(C)C1CCCNC1=O.CC(C)C1CCCO1.CC(C)C1CCc2ncccc2C1.CC(C)C1COCCN1.CC(C)C1COCN1.CC(C)C1CSCN1.CC(C)N1CCCC1. The lowest BCUT2D eigenvalue weighted by Crippen LogP contribution is -2.44. The van der Waals surface area contributed by atoms with Gasteiger partial charge in [0.2, 0.25) is 5.91 Å². The first kappa shape index (κ1) is 78.6. The Hall–Kier alpha value is -1.39. The largest absolute Gasteiger partial charge is 0.379 e. The lowest BCUT2D eigenvalue weighted by molar-refractivity contribution is -0.128. The predicted molar refractivity (Wildman–Crippen MR) is 357 cm³/mol. The van der Waals surface area contributed by atoms with Crippen LogP contribution < -0.4 is 31.9 Å². The van der Waals surface area contributed by atoms with E-state index in [1.807, 2.05) is 18.0 Å². The summed E-state index contributed by atoms with van der Waals surface area (Å²) >= 11 is 2.00. The van der Waals surface area contributed by atoms with Gasteiger partial charge in [-0.3, -0.25) is 15.1 Å². The third kappa shape index (κ3) is 34.8. The Morgan fingerprint density at radius 3 is 1.50 bits per heavy atom. The van der Waals surface area contributed by atoms with Crippen molar-refractivity contribution < 1.29 is 19.0 Å². The molecule has 0 spiro atoms. The number of aromatic nitrogens is 1. The molecule has 8 aliphatic heterocycles. The average Bonchev–Trinajstić information content (AvgIpc) is 4.36. The zero-order chi connectivity index (χ0) is 60.1. The number of rotatable bonds is 9. The van der Waals surface area contributed by atoms with Crippen LogP contribution in [0, 0.1) is 59.2 Å². The molecule has 9 heterocycles. The summed E-state index contributed by atoms with van der Waals surface area (Å²) in [4.78, 5) is 18.1. The molecule has 8 fully saturated rings. The van der Waals surface area contributed by atoms with Crippen LogP contribution in [0.1, 0.15) is 220 Å². The highest BCUT2D eigenvalue weighted by atomic mass is 32.2. The van der Waals surface area contributed by atoms with E-state index in [0.29, 0.717) is 35.9 Å². The summed E-state index contributed by atoms with van der Waals surface area (Å²) in [5, 5.41) is 19.9. The van der Waals surface area contributed by atoms with Crippen molar-refractivity contribution in [3.05, 3.63) is 29.6 Å². The van der Waals surface area contributed by atoms with Crippen molar-refractivity contribution in [1.29, 1.82) is 0 Å². The molecule has 484 valence electrons. The number of carbonyl (C=O) groups excluding carboxylic acids is 1. The highest BCUT2D eigenvalue weighted by molar-refractivity contribution is 7.99. The molecule has 0 radical (unpaired) electrons. The minimum atomic E-state index is 0. The van der Waals surface area contributed by atoms with Crippen molar-refractivity contribution in [3.8, 4) is 0 Å². The van der Waals surface area contributed by atoms with E-state index >= 15 is 0 Å². The van der Waals surface area contributed by atoms with E-state index in [4.69, 9.17) is 14.2 Å². The topological polar surface area (TPSA) is 133 Å². The van der Waals surface area contributed by atoms with Crippen molar-refractivity contribution in [3.63, 3.8) is 0 Å². The molecule has 0 bridgehead atoms. The molecule has 12 nitrogen and oxygen atoms in total. The van der Waals surface area contributed by atoms with Gasteiger partial charge in [-0.2, -0.15) is 0 Å². The number of hydrogen-bond acceptors (Lipinski definition) is 12. The number of aryl methyl sites for hydroxylation is 1. The molecule has 1 aliphatic carbocycles. The zero-order valence-electron chi connectivity index (χ0n) is 56.1. The summed E-state index contributed by atoms with van der Waals surface area (Å²) in [6, 6.07) is 8.64. The number of thioether (sulfide) groups is 1. The molecular weight excluding hydrogens is 1040 g/mol. The van der Waals surface area contributed by atoms with E-state index in [0.717, 1.165) is 125 Å². The number of hydrogen-bond donors (Lipinski definition) is 6. The quantitative estimate of drug-likeness (QED) is 0.141. The van der Waals surface area contributed by atoms with Crippen LogP contribution in [-0.2, 0) is 31.8 Å². The van der Waals surface area contributed by atoms with Gasteiger partial charge in [0.1, 0.15) is 0 Å². The van der Waals surface area contributed by atoms with Crippen molar-refractivity contribution in [2.24, 2.45) is 59.2 Å². The smallest absolute Gasteiger partial charge is 0.223 e. The van der Waals surface area contributed by atoms with E-state index in [1.165, 1.54) is 120 Å². The number of amides is 1. The summed E-state index contributed by atoms with van der Waals surface area (Å²) in [6.45, 7) is 51.8. The Labute approximate surface area is 513 Å². The van der Waals surface area contributed by atoms with Gasteiger partial charge in [0.25, 0.3) is 0 Å². The highest BCUT2D eigenvalue weighted by Crippen LogP contribution is 2.29. The molecule has 1 aromatic heterocycles. The second-order valence-corrected chi connectivity index (χ2v) is 28.6. The highest BCUT2D eigenvalue weighted by Gasteiger charge is 2.25. The molecule has 1 aromatic rings. The fraction of sp³-hybridized carbons (Fsp3) is 0.913. The molecular formula is C69H138N8O4S. The molecule has 6 N–H and O–H groups in total. The van der Waals surface area contributed by atoms with Crippen LogP contribution in [0.3, 0.4) is 0 Å². The Morgan fingerprint density at radius 2 is 1.13 bits per heavy atom. The third-order valence-electron chi connectivity index (χ3n) is 17.8. The van der Waals surface area contributed by atoms with E-state index in [9.17, 15) is 4.79 Å². The van der Waals surface area contributed by atoms with E-state index in [2.05, 4.69) is 179 Å². The van der Waals surface area contributed by atoms with Gasteiger partial charge in [-0.15, -0.1) is 11.8 Å². The second kappa shape index (κ2) is 46.7. The lowest BCUT2D eigenvalue weighted by Gasteiger charge is -2.26. The standard InChI is InChI=1S/C12H17N.C8H15NO.C8H17N.C7H15NO.2C7H15N.C7H14O.C6H13NO.C6H13NS.CH4/c1-9(2)10-5-6-12-11(8-10)4-3-7-13-12;1-6(2)7-4-3-5-9-8(7)10;1-7(2)8-5-3-4-6-9-8;1-6(2)7-5-9-4-3-8-7;1-7(2)8-5-3-4-6-8;2*1-6(2)7-4-3-5-8-7;2*1-5(2)6-3-8-4-7-6;/h3-4,7,9-10H,5-6,8H2,1-2H3;6-7H,3-5H2,1-2H3,(H,9,10);7-9H,3-6H2,1-2H3;6-8H,3-5H2,1-2H3;7H,3-6H2,1-2H3;6-8H,3-5H2,1-2H3;6-7H,3-5H2,1-2H3;2*5-7H,3-4H2,1-2H3;1H4. The summed E-state index contributed by atoms with van der Waals surface area (Å²) < 4.78 is 15.8. The number of ether oxygens (including phenoxy) is 3. The van der Waals surface area contributed by atoms with Crippen LogP contribution in [0.2, 0.25) is 0 Å². The number of piperidine rings is 2. The Morgan fingerprint density at radius 1 is 0.549 bits per heavy atom. The van der Waals surface area contributed by atoms with Gasteiger partial charge in [-0.1, -0.05) is 131 Å². The molecule has 9 aliphatic rings. The van der Waals surface area contributed by atoms with Crippen LogP contribution in [0.5, 0.6) is 0 Å². The first-order chi connectivity index (χ1) is 38.6.